The highest BCUT2D eigenvalue weighted by Crippen LogP contribution is 2.24. The Bertz CT molecular complexity index is 995. The van der Waals surface area contributed by atoms with Gasteiger partial charge in [-0.1, -0.05) is 23.9 Å². The van der Waals surface area contributed by atoms with Crippen LogP contribution in [-0.2, 0) is 30.1 Å². The van der Waals surface area contributed by atoms with Gasteiger partial charge in [-0.15, -0.1) is 10.2 Å². The number of hydrogen-bond donors (Lipinski definition) is 0. The topological polar surface area (TPSA) is 56.1 Å². The summed E-state index contributed by atoms with van der Waals surface area (Å²) in [7, 11) is 1.88. The second-order valence-electron chi connectivity index (χ2n) is 7.66. The average molecular weight is 446 g/mol. The SMILES string of the molecule is CN(Cc1ccc(F)cc1F)Cc1nnc(SCc2ccccn2)n1CC1CCCO1. The predicted octanol–water partition coefficient (Wildman–Crippen LogP) is 4.05. The Morgan fingerprint density at radius 2 is 2.10 bits per heavy atom. The van der Waals surface area contributed by atoms with Gasteiger partial charge in [0.2, 0.25) is 0 Å². The summed E-state index contributed by atoms with van der Waals surface area (Å²) >= 11 is 1.59. The summed E-state index contributed by atoms with van der Waals surface area (Å²) in [5, 5.41) is 9.63. The van der Waals surface area contributed by atoms with Crippen molar-refractivity contribution in [2.24, 2.45) is 0 Å². The van der Waals surface area contributed by atoms with Gasteiger partial charge in [-0.3, -0.25) is 9.88 Å². The van der Waals surface area contributed by atoms with Crippen LogP contribution < -0.4 is 0 Å². The standard InChI is InChI=1S/C22H25F2N5OS/c1-28(12-16-7-8-17(23)11-20(16)24)14-21-26-27-22(29(21)13-19-6-4-10-30-19)31-15-18-5-2-3-9-25-18/h2-3,5,7-9,11,19H,4,6,10,12-15H2,1H3. The molecule has 0 spiro atoms. The van der Waals surface area contributed by atoms with Crippen LogP contribution in [0.25, 0.3) is 0 Å². The maximum absolute atomic E-state index is 14.0. The zero-order chi connectivity index (χ0) is 21.6. The minimum atomic E-state index is -0.574. The highest BCUT2D eigenvalue weighted by atomic mass is 32.2. The van der Waals surface area contributed by atoms with Gasteiger partial charge in [0.05, 0.1) is 24.9 Å². The number of thioether (sulfide) groups is 1. The molecule has 0 amide bonds. The van der Waals surface area contributed by atoms with E-state index in [4.69, 9.17) is 4.74 Å². The fourth-order valence-electron chi connectivity index (χ4n) is 3.58. The first-order valence-corrected chi connectivity index (χ1v) is 11.3. The molecule has 0 N–H and O–H groups in total. The molecular formula is C22H25F2N5OS. The zero-order valence-electron chi connectivity index (χ0n) is 17.4. The van der Waals surface area contributed by atoms with E-state index in [9.17, 15) is 8.78 Å². The molecule has 1 aliphatic rings. The van der Waals surface area contributed by atoms with Gasteiger partial charge in [0, 0.05) is 36.7 Å². The lowest BCUT2D eigenvalue weighted by molar-refractivity contribution is 0.0934. The number of ether oxygens (including phenoxy) is 1. The van der Waals surface area contributed by atoms with Crippen LogP contribution in [0.2, 0.25) is 0 Å². The minimum Gasteiger partial charge on any atom is -0.376 e. The third-order valence-electron chi connectivity index (χ3n) is 5.15. The van der Waals surface area contributed by atoms with Crippen LogP contribution >= 0.6 is 11.8 Å². The number of aromatic nitrogens is 4. The van der Waals surface area contributed by atoms with E-state index in [1.54, 1.807) is 18.0 Å². The van der Waals surface area contributed by atoms with Crippen molar-refractivity contribution in [1.29, 1.82) is 0 Å². The van der Waals surface area contributed by atoms with E-state index >= 15 is 0 Å². The van der Waals surface area contributed by atoms with Gasteiger partial charge in [-0.25, -0.2) is 8.78 Å². The molecule has 1 atom stereocenters. The number of nitrogens with zero attached hydrogens (tertiary/aromatic N) is 5. The van der Waals surface area contributed by atoms with E-state index in [1.165, 1.54) is 12.1 Å². The van der Waals surface area contributed by atoms with Crippen molar-refractivity contribution in [3.8, 4) is 0 Å². The van der Waals surface area contributed by atoms with Crippen molar-refractivity contribution >= 4 is 11.8 Å². The molecule has 1 aliphatic heterocycles. The van der Waals surface area contributed by atoms with Gasteiger partial charge >= 0.3 is 0 Å². The molecule has 6 nitrogen and oxygen atoms in total. The number of rotatable bonds is 9. The van der Waals surface area contributed by atoms with E-state index in [0.717, 1.165) is 42.2 Å². The normalized spacial score (nSPS) is 16.3. The third kappa shape index (κ3) is 5.87. The Hall–Kier alpha value is -2.36. The Morgan fingerprint density at radius 1 is 1.19 bits per heavy atom. The van der Waals surface area contributed by atoms with E-state index in [-0.39, 0.29) is 6.10 Å². The Morgan fingerprint density at radius 3 is 2.84 bits per heavy atom. The highest BCUT2D eigenvalue weighted by molar-refractivity contribution is 7.98. The molecule has 0 saturated carbocycles. The van der Waals surface area contributed by atoms with Crippen LogP contribution in [0.15, 0.2) is 47.8 Å². The molecule has 2 aromatic heterocycles. The van der Waals surface area contributed by atoms with Gasteiger partial charge in [-0.05, 0) is 38.1 Å². The summed E-state index contributed by atoms with van der Waals surface area (Å²) in [4.78, 5) is 6.31. The zero-order valence-corrected chi connectivity index (χ0v) is 18.2. The quantitative estimate of drug-likeness (QED) is 0.463. The number of halogens is 2. The molecule has 3 heterocycles. The van der Waals surface area contributed by atoms with Crippen LogP contribution in [0.3, 0.4) is 0 Å². The van der Waals surface area contributed by atoms with Crippen molar-refractivity contribution in [3.63, 3.8) is 0 Å². The lowest BCUT2D eigenvalue weighted by Gasteiger charge is -2.19. The average Bonchev–Trinajstić information content (AvgIpc) is 3.40. The lowest BCUT2D eigenvalue weighted by atomic mass is 10.2. The maximum atomic E-state index is 14.0. The van der Waals surface area contributed by atoms with Gasteiger partial charge in [0.15, 0.2) is 5.16 Å². The molecule has 0 aliphatic carbocycles. The third-order valence-corrected chi connectivity index (χ3v) is 6.15. The Labute approximate surface area is 184 Å². The molecule has 1 saturated heterocycles. The van der Waals surface area contributed by atoms with E-state index in [1.807, 2.05) is 30.1 Å². The highest BCUT2D eigenvalue weighted by Gasteiger charge is 2.22. The predicted molar refractivity (Wildman–Crippen MR) is 114 cm³/mol. The van der Waals surface area contributed by atoms with Gasteiger partial charge in [-0.2, -0.15) is 0 Å². The van der Waals surface area contributed by atoms with Crippen LogP contribution in [-0.4, -0.2) is 44.4 Å². The van der Waals surface area contributed by atoms with Crippen molar-refractivity contribution in [3.05, 3.63) is 71.3 Å². The second-order valence-corrected chi connectivity index (χ2v) is 8.60. The van der Waals surface area contributed by atoms with Gasteiger partial charge in [0.25, 0.3) is 0 Å². The lowest BCUT2D eigenvalue weighted by Crippen LogP contribution is -2.23. The first-order valence-electron chi connectivity index (χ1n) is 10.3. The van der Waals surface area contributed by atoms with Crippen molar-refractivity contribution in [1.82, 2.24) is 24.6 Å². The van der Waals surface area contributed by atoms with E-state index in [0.29, 0.717) is 31.0 Å². The van der Waals surface area contributed by atoms with Gasteiger partial charge in [0.1, 0.15) is 17.5 Å². The largest absolute Gasteiger partial charge is 0.376 e. The van der Waals surface area contributed by atoms with Gasteiger partial charge < -0.3 is 9.30 Å². The van der Waals surface area contributed by atoms with E-state index in [2.05, 4.69) is 19.7 Å². The summed E-state index contributed by atoms with van der Waals surface area (Å²) in [6.07, 6.45) is 3.99. The molecule has 4 rings (SSSR count). The second kappa shape index (κ2) is 10.3. The molecule has 1 unspecified atom stereocenters. The molecule has 9 heteroatoms. The van der Waals surface area contributed by atoms with Crippen molar-refractivity contribution < 1.29 is 13.5 Å². The smallest absolute Gasteiger partial charge is 0.191 e. The summed E-state index contributed by atoms with van der Waals surface area (Å²) < 4.78 is 35.2. The van der Waals surface area contributed by atoms with Crippen molar-refractivity contribution in [2.75, 3.05) is 13.7 Å². The number of hydrogen-bond acceptors (Lipinski definition) is 6. The molecular weight excluding hydrogens is 420 g/mol. The first-order chi connectivity index (χ1) is 15.1. The molecule has 1 aromatic carbocycles. The van der Waals surface area contributed by atoms with Crippen LogP contribution in [0.1, 0.15) is 29.9 Å². The monoisotopic (exact) mass is 445 g/mol. The molecule has 0 bridgehead atoms. The summed E-state index contributed by atoms with van der Waals surface area (Å²) in [5.74, 6) is 0.374. The molecule has 3 aromatic rings. The minimum absolute atomic E-state index is 0.142. The van der Waals surface area contributed by atoms with E-state index < -0.39 is 11.6 Å². The number of benzene rings is 1. The van der Waals surface area contributed by atoms with Crippen LogP contribution in [0.5, 0.6) is 0 Å². The number of pyridine rings is 1. The summed E-state index contributed by atoms with van der Waals surface area (Å²) in [6, 6.07) is 9.51. The van der Waals surface area contributed by atoms with Crippen molar-refractivity contribution in [2.45, 2.75) is 49.5 Å². The fourth-order valence-corrected chi connectivity index (χ4v) is 4.46. The fraction of sp³-hybridized carbons (Fsp3) is 0.409. The Kier molecular flexibility index (Phi) is 7.26. The molecule has 1 fully saturated rings. The molecule has 31 heavy (non-hydrogen) atoms. The van der Waals surface area contributed by atoms with Crippen LogP contribution in [0, 0.1) is 11.6 Å². The summed E-state index contributed by atoms with van der Waals surface area (Å²) in [5.41, 5.74) is 1.42. The van der Waals surface area contributed by atoms with Crippen LogP contribution in [0.4, 0.5) is 8.78 Å². The summed E-state index contributed by atoms with van der Waals surface area (Å²) in [6.45, 7) is 2.30. The Balaban J connectivity index is 1.47. The molecule has 0 radical (unpaired) electrons. The first kappa shape index (κ1) is 21.9. The molecule has 164 valence electrons. The maximum Gasteiger partial charge on any atom is 0.191 e.